The molecule has 2 aliphatic carbocycles. The monoisotopic (exact) mass is 481 g/mol. The minimum atomic E-state index is -1.60. The van der Waals surface area contributed by atoms with Crippen LogP contribution in [0.15, 0.2) is 60.7 Å². The number of hydrogen-bond acceptors (Lipinski definition) is 7. The Hall–Kier alpha value is -3.39. The molecule has 2 aromatic rings. The number of esters is 2. The number of carbonyl (C=O) groups is 3. The summed E-state index contributed by atoms with van der Waals surface area (Å²) in [6.07, 6.45) is -1.86. The molecule has 2 N–H and O–H groups in total. The number of aliphatic hydroxyl groups excluding tert-OH is 1. The minimum absolute atomic E-state index is 0.00593. The van der Waals surface area contributed by atoms with Crippen molar-refractivity contribution in [3.63, 3.8) is 0 Å². The SMILES string of the molecule is CC(C)(C)OC(=O)NC1(C(=O)OCc2ccccc2)CC(O)C2C(C(=O)OCc3ccccc3)C21. The molecule has 2 aliphatic rings. The number of aliphatic hydroxyl groups is 1. The average molecular weight is 482 g/mol. The third kappa shape index (κ3) is 5.48. The molecule has 35 heavy (non-hydrogen) atoms. The van der Waals surface area contributed by atoms with Crippen LogP contribution in [0.1, 0.15) is 38.3 Å². The lowest BCUT2D eigenvalue weighted by Crippen LogP contribution is -2.58. The fourth-order valence-corrected chi connectivity index (χ4v) is 4.92. The van der Waals surface area contributed by atoms with E-state index in [9.17, 15) is 19.5 Å². The quantitative estimate of drug-likeness (QED) is 0.461. The second-order valence-electron chi connectivity index (χ2n) is 10.2. The van der Waals surface area contributed by atoms with Crippen molar-refractivity contribution in [1.82, 2.24) is 5.32 Å². The summed E-state index contributed by atoms with van der Waals surface area (Å²) in [5.41, 5.74) is -0.795. The average Bonchev–Trinajstić information content (AvgIpc) is 3.51. The second kappa shape index (κ2) is 9.70. The van der Waals surface area contributed by atoms with Gasteiger partial charge in [-0.15, -0.1) is 0 Å². The molecule has 2 aromatic carbocycles. The molecule has 0 spiro atoms. The lowest BCUT2D eigenvalue weighted by atomic mass is 9.89. The van der Waals surface area contributed by atoms with Gasteiger partial charge in [0.2, 0.25) is 0 Å². The van der Waals surface area contributed by atoms with Crippen LogP contribution in [0.2, 0.25) is 0 Å². The summed E-state index contributed by atoms with van der Waals surface area (Å²) in [7, 11) is 0. The lowest BCUT2D eigenvalue weighted by Gasteiger charge is -2.32. The molecular weight excluding hydrogens is 450 g/mol. The van der Waals surface area contributed by atoms with E-state index >= 15 is 0 Å². The molecule has 5 unspecified atom stereocenters. The van der Waals surface area contributed by atoms with Crippen molar-refractivity contribution >= 4 is 18.0 Å². The van der Waals surface area contributed by atoms with Crippen LogP contribution in [0.25, 0.3) is 0 Å². The van der Waals surface area contributed by atoms with Crippen LogP contribution in [0.4, 0.5) is 4.79 Å². The Labute approximate surface area is 204 Å². The standard InChI is InChI=1S/C27H31NO7/c1-26(2,3)35-25(32)28-27(24(31)34-16-18-12-8-5-9-13-18)14-19(29)20-21(22(20)27)23(30)33-15-17-10-6-4-7-11-17/h4-13,19-22,29H,14-16H2,1-3H3,(H,28,32). The fraction of sp³-hybridized carbons (Fsp3) is 0.444. The summed E-state index contributed by atoms with van der Waals surface area (Å²) in [6.45, 7) is 5.20. The van der Waals surface area contributed by atoms with Crippen LogP contribution >= 0.6 is 0 Å². The van der Waals surface area contributed by atoms with Gasteiger partial charge in [0.15, 0.2) is 0 Å². The maximum Gasteiger partial charge on any atom is 0.408 e. The van der Waals surface area contributed by atoms with Gasteiger partial charge in [0.1, 0.15) is 24.4 Å². The van der Waals surface area contributed by atoms with Crippen molar-refractivity contribution in [1.29, 1.82) is 0 Å². The molecule has 0 heterocycles. The van der Waals surface area contributed by atoms with Crippen molar-refractivity contribution in [2.24, 2.45) is 17.8 Å². The molecule has 8 nitrogen and oxygen atoms in total. The Kier molecular flexibility index (Phi) is 6.85. The molecule has 186 valence electrons. The largest absolute Gasteiger partial charge is 0.461 e. The number of alkyl carbamates (subject to hydrolysis) is 1. The zero-order valence-electron chi connectivity index (χ0n) is 20.1. The Bertz CT molecular complexity index is 1070. The summed E-state index contributed by atoms with van der Waals surface area (Å²) in [4.78, 5) is 39.0. The highest BCUT2D eigenvalue weighted by atomic mass is 16.6. The molecule has 4 rings (SSSR count). The van der Waals surface area contributed by atoms with E-state index in [0.29, 0.717) is 0 Å². The molecule has 0 saturated heterocycles. The summed E-state index contributed by atoms with van der Waals surface area (Å²) in [6, 6.07) is 18.4. The summed E-state index contributed by atoms with van der Waals surface area (Å²) in [5, 5.41) is 13.4. The Morgan fingerprint density at radius 2 is 1.49 bits per heavy atom. The summed E-state index contributed by atoms with van der Waals surface area (Å²) < 4.78 is 16.4. The van der Waals surface area contributed by atoms with E-state index in [1.54, 1.807) is 20.8 Å². The molecule has 0 bridgehead atoms. The molecule has 0 aromatic heterocycles. The minimum Gasteiger partial charge on any atom is -0.461 e. The van der Waals surface area contributed by atoms with Crippen LogP contribution in [0, 0.1) is 17.8 Å². The van der Waals surface area contributed by atoms with Crippen LogP contribution in [-0.2, 0) is 37.0 Å². The van der Waals surface area contributed by atoms with Crippen molar-refractivity contribution in [2.75, 3.05) is 0 Å². The number of amides is 1. The van der Waals surface area contributed by atoms with Crippen molar-refractivity contribution in [3.05, 3.63) is 71.8 Å². The number of fused-ring (bicyclic) bond motifs is 1. The van der Waals surface area contributed by atoms with Gasteiger partial charge in [-0.1, -0.05) is 60.7 Å². The third-order valence-corrected chi connectivity index (χ3v) is 6.42. The molecule has 5 atom stereocenters. The summed E-state index contributed by atoms with van der Waals surface area (Å²) in [5.74, 6) is -3.14. The first-order valence-corrected chi connectivity index (χ1v) is 11.7. The Morgan fingerprint density at radius 1 is 0.943 bits per heavy atom. The first kappa shape index (κ1) is 24.7. The number of benzene rings is 2. The molecule has 1 amide bonds. The van der Waals surface area contributed by atoms with Gasteiger partial charge in [-0.3, -0.25) is 4.79 Å². The predicted octanol–water partition coefficient (Wildman–Crippen LogP) is 3.36. The molecule has 0 aliphatic heterocycles. The first-order chi connectivity index (χ1) is 16.6. The third-order valence-electron chi connectivity index (χ3n) is 6.42. The summed E-state index contributed by atoms with van der Waals surface area (Å²) >= 11 is 0. The molecule has 0 radical (unpaired) electrons. The number of nitrogens with one attached hydrogen (secondary N) is 1. The van der Waals surface area contributed by atoms with Crippen molar-refractivity contribution in [2.45, 2.75) is 57.6 Å². The first-order valence-electron chi connectivity index (χ1n) is 11.7. The van der Waals surface area contributed by atoms with Gasteiger partial charge in [-0.2, -0.15) is 0 Å². The maximum atomic E-state index is 13.4. The van der Waals surface area contributed by atoms with Gasteiger partial charge >= 0.3 is 18.0 Å². The van der Waals surface area contributed by atoms with E-state index in [0.717, 1.165) is 11.1 Å². The van der Waals surface area contributed by atoms with Crippen LogP contribution in [-0.4, -0.2) is 40.4 Å². The number of rotatable bonds is 7. The number of hydrogen-bond donors (Lipinski definition) is 2. The van der Waals surface area contributed by atoms with E-state index in [1.165, 1.54) is 0 Å². The highest BCUT2D eigenvalue weighted by Gasteiger charge is 2.76. The number of carbonyl (C=O) groups excluding carboxylic acids is 3. The molecule has 2 saturated carbocycles. The fourth-order valence-electron chi connectivity index (χ4n) is 4.92. The van der Waals surface area contributed by atoms with Gasteiger partial charge in [-0.05, 0) is 31.9 Å². The van der Waals surface area contributed by atoms with E-state index in [-0.39, 0.29) is 19.6 Å². The normalized spacial score (nSPS) is 26.9. The van der Waals surface area contributed by atoms with Crippen molar-refractivity contribution in [3.8, 4) is 0 Å². The zero-order chi connectivity index (χ0) is 25.2. The maximum absolute atomic E-state index is 13.4. The number of ether oxygens (including phenoxy) is 3. The Morgan fingerprint density at radius 3 is 2.03 bits per heavy atom. The van der Waals surface area contributed by atoms with Gasteiger partial charge in [0.05, 0.1) is 12.0 Å². The van der Waals surface area contributed by atoms with E-state index < -0.39 is 53.0 Å². The Balaban J connectivity index is 1.52. The highest BCUT2D eigenvalue weighted by molar-refractivity contribution is 5.90. The van der Waals surface area contributed by atoms with Crippen molar-refractivity contribution < 1.29 is 33.7 Å². The molecule has 8 heteroatoms. The lowest BCUT2D eigenvalue weighted by molar-refractivity contribution is -0.156. The van der Waals surface area contributed by atoms with Crippen LogP contribution in [0.3, 0.4) is 0 Å². The zero-order valence-corrected chi connectivity index (χ0v) is 20.1. The highest BCUT2D eigenvalue weighted by Crippen LogP contribution is 2.63. The van der Waals surface area contributed by atoms with Gasteiger partial charge in [0.25, 0.3) is 0 Å². The topological polar surface area (TPSA) is 111 Å². The van der Waals surface area contributed by atoms with E-state index in [2.05, 4.69) is 5.32 Å². The second-order valence-corrected chi connectivity index (χ2v) is 10.2. The van der Waals surface area contributed by atoms with Crippen LogP contribution in [0.5, 0.6) is 0 Å². The van der Waals surface area contributed by atoms with Gasteiger partial charge < -0.3 is 24.6 Å². The smallest absolute Gasteiger partial charge is 0.408 e. The molecule has 2 fully saturated rings. The van der Waals surface area contributed by atoms with Gasteiger partial charge in [0, 0.05) is 18.3 Å². The molecular formula is C27H31NO7. The van der Waals surface area contributed by atoms with Crippen LogP contribution < -0.4 is 5.32 Å². The van der Waals surface area contributed by atoms with E-state index in [4.69, 9.17) is 14.2 Å². The van der Waals surface area contributed by atoms with Gasteiger partial charge in [-0.25, -0.2) is 9.59 Å². The predicted molar refractivity (Wildman–Crippen MR) is 126 cm³/mol. The van der Waals surface area contributed by atoms with E-state index in [1.807, 2.05) is 60.7 Å².